The number of hydrogen-bond acceptors (Lipinski definition) is 4. The maximum Gasteiger partial charge on any atom is 0.222 e. The van der Waals surface area contributed by atoms with Crippen LogP contribution < -0.4 is 11.1 Å². The minimum absolute atomic E-state index is 0.308. The number of nitrogens with two attached hydrogens (primary N) is 1. The van der Waals surface area contributed by atoms with E-state index in [-0.39, 0.29) is 0 Å². The zero-order valence-corrected chi connectivity index (χ0v) is 10.4. The Kier molecular flexibility index (Phi) is 3.13. The molecule has 3 N–H and O–H groups in total. The number of nitrogens with zero attached hydrogens (tertiary/aromatic N) is 2. The Morgan fingerprint density at radius 1 is 1.12 bits per heavy atom. The molecule has 1 unspecified atom stereocenters. The summed E-state index contributed by atoms with van der Waals surface area (Å²) in [7, 11) is 0. The fourth-order valence-corrected chi connectivity index (χ4v) is 1.59. The zero-order chi connectivity index (χ0) is 12.4. The highest BCUT2D eigenvalue weighted by molar-refractivity contribution is 5.89. The molecule has 1 heterocycles. The molecule has 1 atom stereocenters. The van der Waals surface area contributed by atoms with Crippen LogP contribution in [0.1, 0.15) is 20.8 Å². The predicted molar refractivity (Wildman–Crippen MR) is 71.9 cm³/mol. The maximum atomic E-state index is 5.71. The molecule has 0 saturated carbocycles. The van der Waals surface area contributed by atoms with Crippen molar-refractivity contribution >= 4 is 22.7 Å². The van der Waals surface area contributed by atoms with E-state index < -0.39 is 0 Å². The summed E-state index contributed by atoms with van der Waals surface area (Å²) in [6, 6.07) is 8.22. The molecule has 0 bridgehead atoms. The molecule has 90 valence electrons. The molecule has 0 aliphatic carbocycles. The Hall–Kier alpha value is -1.84. The monoisotopic (exact) mass is 230 g/mol. The van der Waals surface area contributed by atoms with Crippen molar-refractivity contribution in [3.8, 4) is 0 Å². The van der Waals surface area contributed by atoms with E-state index in [1.165, 1.54) is 0 Å². The van der Waals surface area contributed by atoms with Crippen LogP contribution in [0.25, 0.3) is 10.9 Å². The summed E-state index contributed by atoms with van der Waals surface area (Å²) in [6.45, 7) is 6.48. The molecule has 4 heteroatoms. The molecule has 0 radical (unpaired) electrons. The van der Waals surface area contributed by atoms with Gasteiger partial charge >= 0.3 is 0 Å². The second kappa shape index (κ2) is 4.57. The van der Waals surface area contributed by atoms with Gasteiger partial charge in [0.25, 0.3) is 0 Å². The number of nitrogen functional groups attached to an aromatic ring is 1. The third-order valence-corrected chi connectivity index (χ3v) is 2.98. The first-order valence-corrected chi connectivity index (χ1v) is 5.86. The number of anilines is 2. The molecule has 0 fully saturated rings. The number of nitrogens with one attached hydrogen (secondary N) is 1. The first-order chi connectivity index (χ1) is 8.08. The average molecular weight is 230 g/mol. The van der Waals surface area contributed by atoms with Crippen molar-refractivity contribution in [2.45, 2.75) is 26.8 Å². The smallest absolute Gasteiger partial charge is 0.222 e. The Balaban J connectivity index is 2.45. The average Bonchev–Trinajstić information content (AvgIpc) is 2.28. The summed E-state index contributed by atoms with van der Waals surface area (Å²) >= 11 is 0. The molecule has 2 aromatic rings. The number of rotatable bonds is 3. The van der Waals surface area contributed by atoms with Gasteiger partial charge in [0.15, 0.2) is 0 Å². The lowest BCUT2D eigenvalue weighted by molar-refractivity contribution is 0.559. The molecule has 0 saturated heterocycles. The van der Waals surface area contributed by atoms with E-state index in [4.69, 9.17) is 5.73 Å². The number of hydrogen-bond donors (Lipinski definition) is 2. The molecular weight excluding hydrogens is 212 g/mol. The van der Waals surface area contributed by atoms with Crippen LogP contribution in [0.15, 0.2) is 24.3 Å². The van der Waals surface area contributed by atoms with Crippen molar-refractivity contribution in [2.75, 3.05) is 11.1 Å². The Morgan fingerprint density at radius 3 is 2.53 bits per heavy atom. The highest BCUT2D eigenvalue weighted by atomic mass is 15.1. The Labute approximate surface area is 101 Å². The standard InChI is InChI=1S/C13H18N4/c1-8(2)9(3)15-12-10-6-4-5-7-11(10)16-13(14)17-12/h4-9H,1-3H3,(H3,14,15,16,17). The van der Waals surface area contributed by atoms with Crippen LogP contribution >= 0.6 is 0 Å². The minimum Gasteiger partial charge on any atom is -0.368 e. The molecule has 0 aliphatic heterocycles. The van der Waals surface area contributed by atoms with Crippen molar-refractivity contribution in [3.63, 3.8) is 0 Å². The van der Waals surface area contributed by atoms with Crippen molar-refractivity contribution in [3.05, 3.63) is 24.3 Å². The SMILES string of the molecule is CC(C)C(C)Nc1nc(N)nc2ccccc12. The zero-order valence-electron chi connectivity index (χ0n) is 10.4. The van der Waals surface area contributed by atoms with Crippen LogP contribution in [0.3, 0.4) is 0 Å². The summed E-state index contributed by atoms with van der Waals surface area (Å²) in [5, 5.41) is 4.40. The van der Waals surface area contributed by atoms with Crippen LogP contribution in [-0.4, -0.2) is 16.0 Å². The summed E-state index contributed by atoms with van der Waals surface area (Å²) in [6.07, 6.45) is 0. The molecule has 0 aliphatic rings. The van der Waals surface area contributed by atoms with Crippen LogP contribution in [0.5, 0.6) is 0 Å². The number of para-hydroxylation sites is 1. The fraction of sp³-hybridized carbons (Fsp3) is 0.385. The molecule has 0 spiro atoms. The van der Waals surface area contributed by atoms with Gasteiger partial charge in [-0.05, 0) is 25.0 Å². The van der Waals surface area contributed by atoms with Gasteiger partial charge in [-0.15, -0.1) is 0 Å². The third kappa shape index (κ3) is 2.46. The van der Waals surface area contributed by atoms with Gasteiger partial charge in [-0.3, -0.25) is 0 Å². The highest BCUT2D eigenvalue weighted by Crippen LogP contribution is 2.22. The quantitative estimate of drug-likeness (QED) is 0.850. The van der Waals surface area contributed by atoms with Crippen molar-refractivity contribution < 1.29 is 0 Å². The normalized spacial score (nSPS) is 12.9. The maximum absolute atomic E-state index is 5.71. The molecule has 17 heavy (non-hydrogen) atoms. The van der Waals surface area contributed by atoms with Gasteiger partial charge in [0.05, 0.1) is 5.52 Å². The van der Waals surface area contributed by atoms with E-state index in [9.17, 15) is 0 Å². The van der Waals surface area contributed by atoms with E-state index >= 15 is 0 Å². The minimum atomic E-state index is 0.308. The summed E-state index contributed by atoms with van der Waals surface area (Å²) in [5.74, 6) is 1.65. The fourth-order valence-electron chi connectivity index (χ4n) is 1.59. The largest absolute Gasteiger partial charge is 0.368 e. The van der Waals surface area contributed by atoms with Crippen LogP contribution in [-0.2, 0) is 0 Å². The summed E-state index contributed by atoms with van der Waals surface area (Å²) in [5.41, 5.74) is 6.59. The van der Waals surface area contributed by atoms with Crippen LogP contribution in [0.4, 0.5) is 11.8 Å². The lowest BCUT2D eigenvalue weighted by atomic mass is 10.1. The third-order valence-electron chi connectivity index (χ3n) is 2.98. The van der Waals surface area contributed by atoms with Gasteiger partial charge in [0.1, 0.15) is 5.82 Å². The second-order valence-corrected chi connectivity index (χ2v) is 4.62. The number of aromatic nitrogens is 2. The number of fused-ring (bicyclic) bond motifs is 1. The topological polar surface area (TPSA) is 63.8 Å². The van der Waals surface area contributed by atoms with Crippen molar-refractivity contribution in [1.29, 1.82) is 0 Å². The summed E-state index contributed by atoms with van der Waals surface area (Å²) in [4.78, 5) is 8.49. The molecule has 0 amide bonds. The van der Waals surface area contributed by atoms with E-state index in [2.05, 4.69) is 36.1 Å². The summed E-state index contributed by atoms with van der Waals surface area (Å²) < 4.78 is 0. The molecule has 1 aromatic carbocycles. The Bertz CT molecular complexity index is 522. The molecule has 4 nitrogen and oxygen atoms in total. The van der Waals surface area contributed by atoms with Crippen molar-refractivity contribution in [1.82, 2.24) is 9.97 Å². The lowest BCUT2D eigenvalue weighted by Gasteiger charge is -2.19. The Morgan fingerprint density at radius 2 is 1.82 bits per heavy atom. The van der Waals surface area contributed by atoms with Crippen molar-refractivity contribution in [2.24, 2.45) is 5.92 Å². The molecule has 2 rings (SSSR count). The predicted octanol–water partition coefficient (Wildman–Crippen LogP) is 2.67. The van der Waals surface area contributed by atoms with Crippen LogP contribution in [0.2, 0.25) is 0 Å². The van der Waals surface area contributed by atoms with Gasteiger partial charge in [-0.1, -0.05) is 26.0 Å². The van der Waals surface area contributed by atoms with E-state index in [1.54, 1.807) is 0 Å². The van der Waals surface area contributed by atoms with Gasteiger partial charge in [0.2, 0.25) is 5.95 Å². The van der Waals surface area contributed by atoms with Gasteiger partial charge < -0.3 is 11.1 Å². The van der Waals surface area contributed by atoms with Gasteiger partial charge in [0, 0.05) is 11.4 Å². The first-order valence-electron chi connectivity index (χ1n) is 5.86. The van der Waals surface area contributed by atoms with E-state index in [0.717, 1.165) is 16.7 Å². The van der Waals surface area contributed by atoms with E-state index in [0.29, 0.717) is 17.9 Å². The number of benzene rings is 1. The van der Waals surface area contributed by atoms with E-state index in [1.807, 2.05) is 24.3 Å². The molecular formula is C13H18N4. The first kappa shape index (κ1) is 11.6. The van der Waals surface area contributed by atoms with Gasteiger partial charge in [-0.25, -0.2) is 4.98 Å². The van der Waals surface area contributed by atoms with Gasteiger partial charge in [-0.2, -0.15) is 4.98 Å². The van der Waals surface area contributed by atoms with Crippen LogP contribution in [0, 0.1) is 5.92 Å². The highest BCUT2D eigenvalue weighted by Gasteiger charge is 2.11. The second-order valence-electron chi connectivity index (χ2n) is 4.62. The lowest BCUT2D eigenvalue weighted by Crippen LogP contribution is -2.22. The molecule has 1 aromatic heterocycles.